The molecule has 6 N–H and O–H groups in total. The predicted molar refractivity (Wildman–Crippen MR) is 230 cm³/mol. The lowest BCUT2D eigenvalue weighted by Gasteiger charge is -2.41. The van der Waals surface area contributed by atoms with E-state index in [-0.39, 0.29) is 13.0 Å². The smallest absolute Gasteiger partial charge is 0.457 e. The number of aliphatic hydroxyl groups excluding tert-OH is 5. The molecule has 6 atom stereocenters. The molecule has 0 radical (unpaired) electrons. The fraction of sp³-hybridized carbons (Fsp3) is 0.756. The van der Waals surface area contributed by atoms with Crippen molar-refractivity contribution < 1.29 is 58.3 Å². The van der Waals surface area contributed by atoms with Crippen molar-refractivity contribution in [2.45, 2.75) is 198 Å². The number of phosphoric ester groups is 1. The Hall–Kier alpha value is -1.96. The number of carbonyl (C=O) groups excluding carboxylic acids is 1. The Bertz CT molecular complexity index is 1190. The number of unbranched alkanes of at least 4 members (excludes halogenated alkanes) is 14. The van der Waals surface area contributed by atoms with Crippen LogP contribution in [0.1, 0.15) is 155 Å². The number of aliphatic hydroxyl groups is 5. The first-order valence-electron chi connectivity index (χ1n) is 22.1. The zero-order valence-electron chi connectivity index (χ0n) is 35.6. The first-order chi connectivity index (χ1) is 28.0. The molecule has 1 saturated carbocycles. The summed E-state index contributed by atoms with van der Waals surface area (Å²) in [5.74, 6) is -0.559. The van der Waals surface area contributed by atoms with E-state index in [9.17, 15) is 39.8 Å². The minimum atomic E-state index is -5.04. The van der Waals surface area contributed by atoms with Gasteiger partial charge in [-0.25, -0.2) is 4.57 Å². The van der Waals surface area contributed by atoms with Crippen LogP contribution in [0.4, 0.5) is 0 Å². The number of phosphoric acid groups is 1. The molecule has 0 spiro atoms. The molecule has 1 rings (SSSR count). The number of esters is 1. The summed E-state index contributed by atoms with van der Waals surface area (Å²) in [4.78, 5) is 23.0. The van der Waals surface area contributed by atoms with Crippen LogP contribution in [0.2, 0.25) is 0 Å². The minimum Gasteiger partial charge on any atom is -0.457 e. The zero-order valence-corrected chi connectivity index (χ0v) is 36.5. The van der Waals surface area contributed by atoms with Gasteiger partial charge >= 0.3 is 13.8 Å². The standard InChI is InChI=1S/C45H79O12P/c1-3-5-7-9-11-13-15-17-18-19-20-21-23-25-27-29-31-33-35-54-36-38(37-55-58(52,53)57-45-43(50)41(48)40(47)42(49)44(45)51)56-39(46)34-32-30-28-26-24-22-16-14-12-10-8-6-4-2/h6,8,12,14,17-18,22,24,28,30,38,40-45,47-51H,3-5,7,9-11,13,15-16,19-21,23,25-27,29,31-37H2,1-2H3,(H,52,53)/b8-6-,14-12-,18-17-,24-22-,30-28-. The van der Waals surface area contributed by atoms with E-state index in [4.69, 9.17) is 18.5 Å². The largest absolute Gasteiger partial charge is 0.472 e. The molecule has 1 aliphatic carbocycles. The number of rotatable bonds is 36. The molecular weight excluding hydrogens is 763 g/mol. The first kappa shape index (κ1) is 54.1. The summed E-state index contributed by atoms with van der Waals surface area (Å²) in [6.45, 7) is 4.03. The molecule has 0 amide bonds. The number of carbonyl (C=O) groups is 1. The predicted octanol–water partition coefficient (Wildman–Crippen LogP) is 8.64. The Morgan fingerprint density at radius 1 is 0.569 bits per heavy atom. The molecule has 336 valence electrons. The maximum atomic E-state index is 12.8. The lowest BCUT2D eigenvalue weighted by Crippen LogP contribution is -2.64. The number of ether oxygens (including phenoxy) is 2. The van der Waals surface area contributed by atoms with Gasteiger partial charge in [0.2, 0.25) is 0 Å². The van der Waals surface area contributed by atoms with E-state index < -0.39 is 63.1 Å². The third-order valence-electron chi connectivity index (χ3n) is 9.89. The van der Waals surface area contributed by atoms with Crippen molar-refractivity contribution in [3.8, 4) is 0 Å². The molecule has 58 heavy (non-hydrogen) atoms. The summed E-state index contributed by atoms with van der Waals surface area (Å²) in [6, 6.07) is 0. The molecule has 0 heterocycles. The van der Waals surface area contributed by atoms with E-state index in [0.29, 0.717) is 13.0 Å². The summed E-state index contributed by atoms with van der Waals surface area (Å²) in [5, 5.41) is 50.1. The Balaban J connectivity index is 2.44. The van der Waals surface area contributed by atoms with Crippen molar-refractivity contribution in [3.05, 3.63) is 60.8 Å². The normalized spacial score (nSPS) is 23.2. The van der Waals surface area contributed by atoms with E-state index in [0.717, 1.165) is 57.8 Å². The highest BCUT2D eigenvalue weighted by Crippen LogP contribution is 2.47. The second-order valence-corrected chi connectivity index (χ2v) is 16.6. The van der Waals surface area contributed by atoms with Crippen LogP contribution < -0.4 is 0 Å². The Kier molecular flexibility index (Phi) is 33.3. The number of allylic oxidation sites excluding steroid dienone is 10. The third-order valence-corrected chi connectivity index (χ3v) is 10.9. The SMILES string of the molecule is CC/C=C\C/C=C\C/C=C\C/C=C\CCC(=O)OC(COCCCCCCCCCC/C=C\CCCCCCCC)COP(=O)(O)OC1C(O)C(O)C(O)C(O)C1O. The molecule has 0 aromatic rings. The lowest BCUT2D eigenvalue weighted by molar-refractivity contribution is -0.220. The molecule has 12 nitrogen and oxygen atoms in total. The summed E-state index contributed by atoms with van der Waals surface area (Å²) < 4.78 is 34.0. The summed E-state index contributed by atoms with van der Waals surface area (Å²) in [6.07, 6.45) is 31.7. The summed E-state index contributed by atoms with van der Waals surface area (Å²) in [7, 11) is -5.04. The van der Waals surface area contributed by atoms with E-state index in [2.05, 4.69) is 56.4 Å². The zero-order chi connectivity index (χ0) is 42.7. The number of hydrogen-bond donors (Lipinski definition) is 6. The molecule has 0 saturated heterocycles. The second-order valence-electron chi connectivity index (χ2n) is 15.2. The minimum absolute atomic E-state index is 0.0620. The van der Waals surface area contributed by atoms with Crippen LogP contribution in [-0.2, 0) is 27.9 Å². The highest BCUT2D eigenvalue weighted by atomic mass is 31.2. The van der Waals surface area contributed by atoms with Gasteiger partial charge in [-0.3, -0.25) is 13.8 Å². The average molecular weight is 843 g/mol. The van der Waals surface area contributed by atoms with Gasteiger partial charge in [-0.15, -0.1) is 0 Å². The van der Waals surface area contributed by atoms with Crippen LogP contribution in [0.15, 0.2) is 60.8 Å². The first-order valence-corrected chi connectivity index (χ1v) is 23.6. The van der Waals surface area contributed by atoms with Gasteiger partial charge < -0.3 is 39.9 Å². The van der Waals surface area contributed by atoms with E-state index in [1.807, 2.05) is 18.2 Å². The topological polar surface area (TPSA) is 192 Å². The van der Waals surface area contributed by atoms with Gasteiger partial charge in [-0.2, -0.15) is 0 Å². The van der Waals surface area contributed by atoms with Gasteiger partial charge in [0.1, 0.15) is 42.7 Å². The van der Waals surface area contributed by atoms with Crippen molar-refractivity contribution in [2.24, 2.45) is 0 Å². The molecule has 13 heteroatoms. The lowest BCUT2D eigenvalue weighted by atomic mass is 9.85. The van der Waals surface area contributed by atoms with Crippen LogP contribution in [0, 0.1) is 0 Å². The summed E-state index contributed by atoms with van der Waals surface area (Å²) in [5.41, 5.74) is 0. The molecule has 0 aromatic heterocycles. The van der Waals surface area contributed by atoms with Gasteiger partial charge in [-0.05, 0) is 64.2 Å². The highest BCUT2D eigenvalue weighted by molar-refractivity contribution is 7.47. The Labute approximate surface area is 349 Å². The fourth-order valence-electron chi connectivity index (χ4n) is 6.36. The van der Waals surface area contributed by atoms with Crippen molar-refractivity contribution in [2.75, 3.05) is 19.8 Å². The molecule has 1 aliphatic rings. The molecule has 0 bridgehead atoms. The van der Waals surface area contributed by atoms with Gasteiger partial charge in [0.25, 0.3) is 0 Å². The van der Waals surface area contributed by atoms with Gasteiger partial charge in [-0.1, -0.05) is 145 Å². The maximum Gasteiger partial charge on any atom is 0.472 e. The molecule has 0 aliphatic heterocycles. The molecule has 0 aromatic carbocycles. The third kappa shape index (κ3) is 27.7. The molecular formula is C45H79O12P. The second kappa shape index (κ2) is 35.8. The maximum absolute atomic E-state index is 12.8. The Morgan fingerprint density at radius 2 is 1.02 bits per heavy atom. The van der Waals surface area contributed by atoms with Crippen molar-refractivity contribution in [1.29, 1.82) is 0 Å². The van der Waals surface area contributed by atoms with Gasteiger partial charge in [0, 0.05) is 13.0 Å². The van der Waals surface area contributed by atoms with Crippen LogP contribution in [-0.4, -0.2) is 98.9 Å². The van der Waals surface area contributed by atoms with Gasteiger partial charge in [0.15, 0.2) is 0 Å². The van der Waals surface area contributed by atoms with Crippen molar-refractivity contribution in [1.82, 2.24) is 0 Å². The monoisotopic (exact) mass is 843 g/mol. The van der Waals surface area contributed by atoms with Gasteiger partial charge in [0.05, 0.1) is 13.2 Å². The fourth-order valence-corrected chi connectivity index (χ4v) is 7.34. The highest BCUT2D eigenvalue weighted by Gasteiger charge is 2.51. The van der Waals surface area contributed by atoms with Crippen molar-refractivity contribution >= 4 is 13.8 Å². The van der Waals surface area contributed by atoms with Crippen LogP contribution in [0.3, 0.4) is 0 Å². The van der Waals surface area contributed by atoms with Crippen LogP contribution in [0.25, 0.3) is 0 Å². The molecule has 1 fully saturated rings. The van der Waals surface area contributed by atoms with E-state index >= 15 is 0 Å². The molecule has 6 unspecified atom stereocenters. The van der Waals surface area contributed by atoms with Crippen molar-refractivity contribution in [3.63, 3.8) is 0 Å². The quantitative estimate of drug-likeness (QED) is 0.0153. The van der Waals surface area contributed by atoms with E-state index in [1.54, 1.807) is 0 Å². The summed E-state index contributed by atoms with van der Waals surface area (Å²) >= 11 is 0. The number of hydrogen-bond acceptors (Lipinski definition) is 11. The Morgan fingerprint density at radius 3 is 1.55 bits per heavy atom. The average Bonchev–Trinajstić information content (AvgIpc) is 3.21. The van der Waals surface area contributed by atoms with Crippen LogP contribution >= 0.6 is 7.82 Å². The van der Waals surface area contributed by atoms with Crippen LogP contribution in [0.5, 0.6) is 0 Å². The van der Waals surface area contributed by atoms with E-state index in [1.165, 1.54) is 70.6 Å².